The van der Waals surface area contributed by atoms with Crippen LogP contribution in [0.1, 0.15) is 25.0 Å². The Morgan fingerprint density at radius 3 is 2.29 bits per heavy atom. The second-order valence-corrected chi connectivity index (χ2v) is 6.29. The fraction of sp³-hybridized carbons (Fsp3) is 0.235. The number of carbonyl (C=O) groups excluding carboxylic acids is 1. The molecule has 0 radical (unpaired) electrons. The van der Waals surface area contributed by atoms with E-state index in [2.05, 4.69) is 5.32 Å². The molecule has 21 heavy (non-hydrogen) atoms. The molecule has 2 rings (SSSR count). The second-order valence-electron chi connectivity index (χ2n) is 5.45. The van der Waals surface area contributed by atoms with Crippen LogP contribution < -0.4 is 5.32 Å². The SMILES string of the molecule is CC(C)(NC(=O)Cc1ccccc1Cl)c1ccc(Cl)cc1. The van der Waals surface area contributed by atoms with Crippen LogP contribution in [0.3, 0.4) is 0 Å². The monoisotopic (exact) mass is 321 g/mol. The lowest BCUT2D eigenvalue weighted by Crippen LogP contribution is -2.41. The first-order valence-corrected chi connectivity index (χ1v) is 7.44. The first-order valence-electron chi connectivity index (χ1n) is 6.69. The van der Waals surface area contributed by atoms with Crippen LogP contribution in [0.5, 0.6) is 0 Å². The van der Waals surface area contributed by atoms with Gasteiger partial charge in [0.2, 0.25) is 5.91 Å². The number of benzene rings is 2. The molecule has 0 fully saturated rings. The largest absolute Gasteiger partial charge is 0.347 e. The Balaban J connectivity index is 2.08. The van der Waals surface area contributed by atoms with Gasteiger partial charge in [-0.15, -0.1) is 0 Å². The maximum Gasteiger partial charge on any atom is 0.225 e. The van der Waals surface area contributed by atoms with Crippen molar-refractivity contribution in [1.82, 2.24) is 5.32 Å². The number of carbonyl (C=O) groups is 1. The Hall–Kier alpha value is -1.51. The van der Waals surface area contributed by atoms with Crippen LogP contribution in [0, 0.1) is 0 Å². The summed E-state index contributed by atoms with van der Waals surface area (Å²) in [6, 6.07) is 14.8. The highest BCUT2D eigenvalue weighted by Gasteiger charge is 2.23. The molecule has 2 aromatic rings. The zero-order valence-electron chi connectivity index (χ0n) is 12.0. The first kappa shape index (κ1) is 15.9. The predicted octanol–water partition coefficient (Wildman–Crippen LogP) is 4.59. The summed E-state index contributed by atoms with van der Waals surface area (Å²) >= 11 is 12.0. The van der Waals surface area contributed by atoms with Gasteiger partial charge in [0.15, 0.2) is 0 Å². The second kappa shape index (κ2) is 6.50. The molecule has 0 aliphatic heterocycles. The number of rotatable bonds is 4. The Labute approximate surface area is 135 Å². The Kier molecular flexibility index (Phi) is 4.92. The van der Waals surface area contributed by atoms with Crippen LogP contribution in [-0.4, -0.2) is 5.91 Å². The van der Waals surface area contributed by atoms with Crippen molar-refractivity contribution >= 4 is 29.1 Å². The minimum Gasteiger partial charge on any atom is -0.347 e. The zero-order valence-corrected chi connectivity index (χ0v) is 13.5. The van der Waals surface area contributed by atoms with Gasteiger partial charge in [0.05, 0.1) is 12.0 Å². The van der Waals surface area contributed by atoms with Gasteiger partial charge in [0, 0.05) is 10.0 Å². The van der Waals surface area contributed by atoms with E-state index in [1.54, 1.807) is 6.07 Å². The molecular weight excluding hydrogens is 305 g/mol. The molecule has 2 nitrogen and oxygen atoms in total. The molecule has 0 saturated carbocycles. The maximum absolute atomic E-state index is 12.2. The Bertz CT molecular complexity index is 635. The molecule has 110 valence electrons. The molecule has 0 bridgehead atoms. The van der Waals surface area contributed by atoms with Crippen LogP contribution in [0.15, 0.2) is 48.5 Å². The molecule has 4 heteroatoms. The smallest absolute Gasteiger partial charge is 0.225 e. The molecule has 0 aliphatic carbocycles. The van der Waals surface area contributed by atoms with Crippen LogP contribution >= 0.6 is 23.2 Å². The zero-order chi connectivity index (χ0) is 15.5. The van der Waals surface area contributed by atoms with E-state index in [1.165, 1.54) is 0 Å². The van der Waals surface area contributed by atoms with Gasteiger partial charge in [0.25, 0.3) is 0 Å². The minimum atomic E-state index is -0.469. The van der Waals surface area contributed by atoms with Crippen LogP contribution in [0.25, 0.3) is 0 Å². The minimum absolute atomic E-state index is 0.0666. The summed E-state index contributed by atoms with van der Waals surface area (Å²) < 4.78 is 0. The van der Waals surface area contributed by atoms with Crippen molar-refractivity contribution in [2.75, 3.05) is 0 Å². The average molecular weight is 322 g/mol. The van der Waals surface area contributed by atoms with Crippen LogP contribution in [0.2, 0.25) is 10.0 Å². The van der Waals surface area contributed by atoms with Crippen molar-refractivity contribution in [3.05, 3.63) is 69.7 Å². The van der Waals surface area contributed by atoms with Crippen molar-refractivity contribution in [3.8, 4) is 0 Å². The fourth-order valence-corrected chi connectivity index (χ4v) is 2.47. The van der Waals surface area contributed by atoms with Gasteiger partial charge in [-0.3, -0.25) is 4.79 Å². The normalized spacial score (nSPS) is 11.2. The van der Waals surface area contributed by atoms with Gasteiger partial charge >= 0.3 is 0 Å². The van der Waals surface area contributed by atoms with E-state index in [-0.39, 0.29) is 12.3 Å². The van der Waals surface area contributed by atoms with Crippen LogP contribution in [0.4, 0.5) is 0 Å². The molecule has 1 N–H and O–H groups in total. The molecule has 0 unspecified atom stereocenters. The first-order chi connectivity index (χ1) is 9.88. The number of hydrogen-bond donors (Lipinski definition) is 1. The Morgan fingerprint density at radius 1 is 1.05 bits per heavy atom. The number of amides is 1. The van der Waals surface area contributed by atoms with Gasteiger partial charge in [-0.1, -0.05) is 53.5 Å². The summed E-state index contributed by atoms with van der Waals surface area (Å²) in [5, 5.41) is 4.31. The van der Waals surface area contributed by atoms with E-state index in [0.717, 1.165) is 11.1 Å². The van der Waals surface area contributed by atoms with Gasteiger partial charge in [0.1, 0.15) is 0 Å². The van der Waals surface area contributed by atoms with E-state index in [9.17, 15) is 4.79 Å². The number of halogens is 2. The highest BCUT2D eigenvalue weighted by Crippen LogP contribution is 2.22. The Morgan fingerprint density at radius 2 is 1.67 bits per heavy atom. The van der Waals surface area contributed by atoms with E-state index in [1.807, 2.05) is 56.3 Å². The van der Waals surface area contributed by atoms with E-state index >= 15 is 0 Å². The average Bonchev–Trinajstić information content (AvgIpc) is 2.41. The molecule has 0 aliphatic rings. The van der Waals surface area contributed by atoms with Gasteiger partial charge in [-0.05, 0) is 43.2 Å². The third kappa shape index (κ3) is 4.23. The molecule has 0 aromatic heterocycles. The summed E-state index contributed by atoms with van der Waals surface area (Å²) in [4.78, 5) is 12.2. The lowest BCUT2D eigenvalue weighted by molar-refractivity contribution is -0.122. The van der Waals surface area contributed by atoms with Gasteiger partial charge < -0.3 is 5.32 Å². The fourth-order valence-electron chi connectivity index (χ4n) is 2.15. The standard InChI is InChI=1S/C17H17Cl2NO/c1-17(2,13-7-9-14(18)10-8-13)20-16(21)11-12-5-3-4-6-15(12)19/h3-10H,11H2,1-2H3,(H,20,21). The molecule has 1 amide bonds. The molecule has 0 atom stereocenters. The summed E-state index contributed by atoms with van der Waals surface area (Å²) in [6.07, 6.45) is 0.261. The van der Waals surface area contributed by atoms with Crippen molar-refractivity contribution in [3.63, 3.8) is 0 Å². The van der Waals surface area contributed by atoms with Gasteiger partial charge in [-0.25, -0.2) is 0 Å². The van der Waals surface area contributed by atoms with E-state index in [0.29, 0.717) is 10.0 Å². The quantitative estimate of drug-likeness (QED) is 0.876. The third-order valence-electron chi connectivity index (χ3n) is 3.33. The van der Waals surface area contributed by atoms with Crippen molar-refractivity contribution in [2.24, 2.45) is 0 Å². The highest BCUT2D eigenvalue weighted by molar-refractivity contribution is 6.31. The lowest BCUT2D eigenvalue weighted by Gasteiger charge is -2.27. The lowest BCUT2D eigenvalue weighted by atomic mass is 9.94. The maximum atomic E-state index is 12.2. The number of nitrogens with one attached hydrogen (secondary N) is 1. The van der Waals surface area contributed by atoms with Crippen molar-refractivity contribution in [2.45, 2.75) is 25.8 Å². The van der Waals surface area contributed by atoms with Gasteiger partial charge in [-0.2, -0.15) is 0 Å². The summed E-state index contributed by atoms with van der Waals surface area (Å²) in [5.41, 5.74) is 1.35. The van der Waals surface area contributed by atoms with Crippen molar-refractivity contribution in [1.29, 1.82) is 0 Å². The molecule has 0 spiro atoms. The summed E-state index contributed by atoms with van der Waals surface area (Å²) in [7, 11) is 0. The van der Waals surface area contributed by atoms with E-state index in [4.69, 9.17) is 23.2 Å². The molecule has 0 saturated heterocycles. The summed E-state index contributed by atoms with van der Waals surface area (Å²) in [5.74, 6) is -0.0666. The van der Waals surface area contributed by atoms with E-state index < -0.39 is 5.54 Å². The van der Waals surface area contributed by atoms with Crippen molar-refractivity contribution < 1.29 is 4.79 Å². The predicted molar refractivity (Wildman–Crippen MR) is 87.8 cm³/mol. The topological polar surface area (TPSA) is 29.1 Å². The molecule has 0 heterocycles. The van der Waals surface area contributed by atoms with Crippen LogP contribution in [-0.2, 0) is 16.8 Å². The molecule has 2 aromatic carbocycles. The highest BCUT2D eigenvalue weighted by atomic mass is 35.5. The molecular formula is C17H17Cl2NO. The number of hydrogen-bond acceptors (Lipinski definition) is 1. The third-order valence-corrected chi connectivity index (χ3v) is 3.95. The summed E-state index contributed by atoms with van der Waals surface area (Å²) in [6.45, 7) is 3.92.